The SMILES string of the molecule is CCNC(C)(CO)CCCN(C)CC1CCCO1. The van der Waals surface area contributed by atoms with E-state index < -0.39 is 0 Å². The molecule has 0 aromatic carbocycles. The van der Waals surface area contributed by atoms with Crippen molar-refractivity contribution in [1.82, 2.24) is 10.2 Å². The van der Waals surface area contributed by atoms with Gasteiger partial charge < -0.3 is 20.1 Å². The maximum Gasteiger partial charge on any atom is 0.0702 e. The van der Waals surface area contributed by atoms with Gasteiger partial charge in [0, 0.05) is 18.7 Å². The maximum atomic E-state index is 9.42. The van der Waals surface area contributed by atoms with Crippen LogP contribution >= 0.6 is 0 Å². The lowest BCUT2D eigenvalue weighted by Gasteiger charge is -2.29. The Morgan fingerprint density at radius 2 is 2.28 bits per heavy atom. The molecule has 0 bridgehead atoms. The summed E-state index contributed by atoms with van der Waals surface area (Å²) < 4.78 is 5.64. The van der Waals surface area contributed by atoms with Crippen molar-refractivity contribution in [1.29, 1.82) is 0 Å². The van der Waals surface area contributed by atoms with Gasteiger partial charge in [-0.25, -0.2) is 0 Å². The zero-order valence-corrected chi connectivity index (χ0v) is 12.2. The predicted octanol–water partition coefficient (Wildman–Crippen LogP) is 1.24. The highest BCUT2D eigenvalue weighted by molar-refractivity contribution is 4.82. The summed E-state index contributed by atoms with van der Waals surface area (Å²) in [7, 11) is 2.16. The molecule has 0 aromatic rings. The molecule has 1 fully saturated rings. The lowest BCUT2D eigenvalue weighted by atomic mass is 9.96. The third-order valence-electron chi connectivity index (χ3n) is 3.76. The van der Waals surface area contributed by atoms with Gasteiger partial charge in [-0.15, -0.1) is 0 Å². The number of likely N-dealkylation sites (N-methyl/N-ethyl adjacent to an activating group) is 2. The average molecular weight is 258 g/mol. The molecule has 4 nitrogen and oxygen atoms in total. The largest absolute Gasteiger partial charge is 0.394 e. The van der Waals surface area contributed by atoms with Gasteiger partial charge in [-0.1, -0.05) is 6.92 Å². The molecule has 108 valence electrons. The Kier molecular flexibility index (Phi) is 7.15. The van der Waals surface area contributed by atoms with E-state index in [-0.39, 0.29) is 12.1 Å². The van der Waals surface area contributed by atoms with Gasteiger partial charge in [0.1, 0.15) is 0 Å². The monoisotopic (exact) mass is 258 g/mol. The quantitative estimate of drug-likeness (QED) is 0.653. The van der Waals surface area contributed by atoms with Crippen molar-refractivity contribution in [2.24, 2.45) is 0 Å². The normalized spacial score (nSPS) is 23.5. The Hall–Kier alpha value is -0.160. The van der Waals surface area contributed by atoms with E-state index in [2.05, 4.69) is 31.1 Å². The van der Waals surface area contributed by atoms with Crippen LogP contribution in [-0.2, 0) is 4.74 Å². The van der Waals surface area contributed by atoms with E-state index >= 15 is 0 Å². The summed E-state index contributed by atoms with van der Waals surface area (Å²) >= 11 is 0. The number of nitrogens with zero attached hydrogens (tertiary/aromatic N) is 1. The standard InChI is InChI=1S/C14H30N2O2/c1-4-15-14(2,12-17)8-6-9-16(3)11-13-7-5-10-18-13/h13,15,17H,4-12H2,1-3H3. The molecule has 1 aliphatic heterocycles. The van der Waals surface area contributed by atoms with Crippen LogP contribution in [0.4, 0.5) is 0 Å². The molecule has 0 amide bonds. The predicted molar refractivity (Wildman–Crippen MR) is 74.9 cm³/mol. The zero-order valence-electron chi connectivity index (χ0n) is 12.2. The smallest absolute Gasteiger partial charge is 0.0702 e. The van der Waals surface area contributed by atoms with Crippen LogP contribution in [0.5, 0.6) is 0 Å². The summed E-state index contributed by atoms with van der Waals surface area (Å²) in [6.45, 7) is 8.33. The fraction of sp³-hybridized carbons (Fsp3) is 1.00. The Balaban J connectivity index is 2.15. The number of rotatable bonds is 9. The summed E-state index contributed by atoms with van der Waals surface area (Å²) in [5.74, 6) is 0. The second kappa shape index (κ2) is 8.10. The van der Waals surface area contributed by atoms with Crippen LogP contribution in [0.3, 0.4) is 0 Å². The molecule has 0 spiro atoms. The first-order valence-corrected chi connectivity index (χ1v) is 7.25. The third kappa shape index (κ3) is 5.65. The zero-order chi connectivity index (χ0) is 13.4. The fourth-order valence-electron chi connectivity index (χ4n) is 2.62. The van der Waals surface area contributed by atoms with Gasteiger partial charge in [-0.05, 0) is 52.7 Å². The second-order valence-corrected chi connectivity index (χ2v) is 5.75. The number of nitrogens with one attached hydrogen (secondary N) is 1. The highest BCUT2D eigenvalue weighted by atomic mass is 16.5. The Labute approximate surface area is 112 Å². The van der Waals surface area contributed by atoms with Crippen LogP contribution < -0.4 is 5.32 Å². The number of aliphatic hydroxyl groups is 1. The molecular formula is C14H30N2O2. The molecule has 18 heavy (non-hydrogen) atoms. The number of hydrogen-bond donors (Lipinski definition) is 2. The lowest BCUT2D eigenvalue weighted by Crippen LogP contribution is -2.46. The van der Waals surface area contributed by atoms with Crippen molar-refractivity contribution in [3.63, 3.8) is 0 Å². The lowest BCUT2D eigenvalue weighted by molar-refractivity contribution is 0.0792. The van der Waals surface area contributed by atoms with Crippen molar-refractivity contribution in [3.8, 4) is 0 Å². The molecule has 1 saturated heterocycles. The van der Waals surface area contributed by atoms with Gasteiger partial charge in [0.15, 0.2) is 0 Å². The molecule has 0 radical (unpaired) electrons. The fourth-order valence-corrected chi connectivity index (χ4v) is 2.62. The summed E-state index contributed by atoms with van der Waals surface area (Å²) in [5, 5.41) is 12.8. The van der Waals surface area contributed by atoms with E-state index in [0.29, 0.717) is 6.10 Å². The van der Waals surface area contributed by atoms with E-state index in [1.807, 2.05) is 0 Å². The van der Waals surface area contributed by atoms with E-state index in [9.17, 15) is 5.11 Å². The Bertz CT molecular complexity index is 220. The van der Waals surface area contributed by atoms with Gasteiger partial charge in [0.25, 0.3) is 0 Å². The van der Waals surface area contributed by atoms with Gasteiger partial charge >= 0.3 is 0 Å². The molecule has 2 unspecified atom stereocenters. The van der Waals surface area contributed by atoms with Crippen LogP contribution in [0.1, 0.15) is 39.5 Å². The minimum atomic E-state index is -0.126. The molecule has 4 heteroatoms. The first-order valence-electron chi connectivity index (χ1n) is 7.25. The minimum Gasteiger partial charge on any atom is -0.394 e. The van der Waals surface area contributed by atoms with Gasteiger partial charge in [-0.3, -0.25) is 0 Å². The van der Waals surface area contributed by atoms with Crippen molar-refractivity contribution in [3.05, 3.63) is 0 Å². The molecule has 0 saturated carbocycles. The summed E-state index contributed by atoms with van der Waals surface area (Å²) in [5.41, 5.74) is -0.126. The van der Waals surface area contributed by atoms with Crippen LogP contribution in [0.15, 0.2) is 0 Å². The average Bonchev–Trinajstić information content (AvgIpc) is 2.82. The van der Waals surface area contributed by atoms with Crippen molar-refractivity contribution >= 4 is 0 Å². The Morgan fingerprint density at radius 3 is 2.83 bits per heavy atom. The molecule has 2 N–H and O–H groups in total. The topological polar surface area (TPSA) is 44.7 Å². The molecule has 1 heterocycles. The molecule has 1 aliphatic rings. The van der Waals surface area contributed by atoms with E-state index in [0.717, 1.165) is 39.1 Å². The number of hydrogen-bond acceptors (Lipinski definition) is 4. The van der Waals surface area contributed by atoms with Gasteiger partial charge in [0.2, 0.25) is 0 Å². The summed E-state index contributed by atoms with van der Waals surface area (Å²) in [4.78, 5) is 2.35. The van der Waals surface area contributed by atoms with Gasteiger partial charge in [-0.2, -0.15) is 0 Å². The van der Waals surface area contributed by atoms with Crippen molar-refractivity contribution < 1.29 is 9.84 Å². The number of ether oxygens (including phenoxy) is 1. The molecule has 1 rings (SSSR count). The minimum absolute atomic E-state index is 0.126. The van der Waals surface area contributed by atoms with Crippen LogP contribution in [0, 0.1) is 0 Å². The molecule has 0 aliphatic carbocycles. The molecule has 2 atom stereocenters. The highest BCUT2D eigenvalue weighted by Crippen LogP contribution is 2.14. The number of aliphatic hydroxyl groups excluding tert-OH is 1. The van der Waals surface area contributed by atoms with Crippen LogP contribution in [0.25, 0.3) is 0 Å². The van der Waals surface area contributed by atoms with Crippen LogP contribution in [-0.4, -0.2) is 61.5 Å². The summed E-state index contributed by atoms with van der Waals surface area (Å²) in [6, 6.07) is 0. The second-order valence-electron chi connectivity index (χ2n) is 5.75. The first-order chi connectivity index (χ1) is 8.59. The van der Waals surface area contributed by atoms with E-state index in [1.165, 1.54) is 12.8 Å². The van der Waals surface area contributed by atoms with Crippen LogP contribution in [0.2, 0.25) is 0 Å². The van der Waals surface area contributed by atoms with Crippen molar-refractivity contribution in [2.45, 2.75) is 51.2 Å². The Morgan fingerprint density at radius 1 is 1.50 bits per heavy atom. The molecule has 0 aromatic heterocycles. The van der Waals surface area contributed by atoms with Gasteiger partial charge in [0.05, 0.1) is 12.7 Å². The summed E-state index contributed by atoms with van der Waals surface area (Å²) in [6.07, 6.45) is 4.96. The highest BCUT2D eigenvalue weighted by Gasteiger charge is 2.22. The maximum absolute atomic E-state index is 9.42. The van der Waals surface area contributed by atoms with E-state index in [1.54, 1.807) is 0 Å². The first kappa shape index (κ1) is 15.9. The third-order valence-corrected chi connectivity index (χ3v) is 3.76. The molecular weight excluding hydrogens is 228 g/mol. The van der Waals surface area contributed by atoms with Crippen molar-refractivity contribution in [2.75, 3.05) is 39.9 Å². The van der Waals surface area contributed by atoms with E-state index in [4.69, 9.17) is 4.74 Å².